The molecule has 0 unspecified atom stereocenters. The van der Waals surface area contributed by atoms with Crippen molar-refractivity contribution in [2.75, 3.05) is 6.26 Å². The molecular weight excluding hydrogens is 336 g/mol. The fourth-order valence-electron chi connectivity index (χ4n) is 2.23. The van der Waals surface area contributed by atoms with E-state index in [4.69, 9.17) is 9.15 Å². The number of thioether (sulfide) groups is 1. The van der Waals surface area contributed by atoms with Gasteiger partial charge < -0.3 is 14.5 Å². The number of rotatable bonds is 7. The Kier molecular flexibility index (Phi) is 5.74. The lowest BCUT2D eigenvalue weighted by Crippen LogP contribution is -2.22. The molecule has 2 heterocycles. The number of pyridine rings is 1. The number of nitrogens with zero attached hydrogens (tertiary/aromatic N) is 1. The molecule has 2 aromatic heterocycles. The van der Waals surface area contributed by atoms with Crippen molar-refractivity contribution in [2.24, 2.45) is 0 Å². The normalized spacial score (nSPS) is 10.4. The van der Waals surface area contributed by atoms with Crippen molar-refractivity contribution < 1.29 is 13.9 Å². The van der Waals surface area contributed by atoms with Gasteiger partial charge in [-0.05, 0) is 36.6 Å². The van der Waals surface area contributed by atoms with Crippen LogP contribution in [0.5, 0.6) is 11.6 Å². The van der Waals surface area contributed by atoms with Gasteiger partial charge in [-0.25, -0.2) is 4.98 Å². The van der Waals surface area contributed by atoms with Crippen molar-refractivity contribution in [1.82, 2.24) is 10.3 Å². The lowest BCUT2D eigenvalue weighted by molar-refractivity contribution is 0.0921. The summed E-state index contributed by atoms with van der Waals surface area (Å²) in [6.45, 7) is 0.299. The van der Waals surface area contributed by atoms with Gasteiger partial charge in [-0.2, -0.15) is 11.8 Å². The molecule has 0 spiro atoms. The number of amides is 1. The van der Waals surface area contributed by atoms with Crippen molar-refractivity contribution in [1.29, 1.82) is 0 Å². The summed E-state index contributed by atoms with van der Waals surface area (Å²) in [7, 11) is 0. The van der Waals surface area contributed by atoms with Crippen molar-refractivity contribution in [2.45, 2.75) is 12.3 Å². The Morgan fingerprint density at radius 3 is 2.80 bits per heavy atom. The fraction of sp³-hybridized carbons (Fsp3) is 0.158. The Morgan fingerprint density at radius 1 is 1.16 bits per heavy atom. The zero-order valence-corrected chi connectivity index (χ0v) is 14.6. The molecule has 5 nitrogen and oxygen atoms in total. The number of furan rings is 1. The Hall–Kier alpha value is -2.73. The smallest absolute Gasteiger partial charge is 0.287 e. The van der Waals surface area contributed by atoms with Crippen LogP contribution in [0.25, 0.3) is 0 Å². The summed E-state index contributed by atoms with van der Waals surface area (Å²) in [6, 6.07) is 16.6. The largest absolute Gasteiger partial charge is 0.455 e. The molecule has 0 aliphatic heterocycles. The minimum Gasteiger partial charge on any atom is -0.455 e. The third-order valence-electron chi connectivity index (χ3n) is 3.42. The maximum absolute atomic E-state index is 12.2. The van der Waals surface area contributed by atoms with Gasteiger partial charge in [-0.15, -0.1) is 0 Å². The molecule has 0 radical (unpaired) electrons. The zero-order chi connectivity index (χ0) is 17.5. The Morgan fingerprint density at radius 2 is 2.00 bits per heavy atom. The third-order valence-corrected chi connectivity index (χ3v) is 3.99. The molecular formula is C19H18N2O3S. The summed E-state index contributed by atoms with van der Waals surface area (Å²) < 4.78 is 11.3. The van der Waals surface area contributed by atoms with E-state index in [9.17, 15) is 4.79 Å². The third kappa shape index (κ3) is 4.64. The molecule has 0 aliphatic carbocycles. The van der Waals surface area contributed by atoms with Gasteiger partial charge in [0, 0.05) is 18.3 Å². The maximum atomic E-state index is 12.2. The van der Waals surface area contributed by atoms with Gasteiger partial charge in [-0.3, -0.25) is 4.79 Å². The average Bonchev–Trinajstić information content (AvgIpc) is 3.11. The zero-order valence-electron chi connectivity index (χ0n) is 13.8. The lowest BCUT2D eigenvalue weighted by atomic mass is 10.2. The Bertz CT molecular complexity index is 833. The monoisotopic (exact) mass is 354 g/mol. The summed E-state index contributed by atoms with van der Waals surface area (Å²) >= 11 is 1.64. The molecule has 0 bridgehead atoms. The van der Waals surface area contributed by atoms with E-state index >= 15 is 0 Å². The number of benzene rings is 1. The van der Waals surface area contributed by atoms with Crippen LogP contribution in [0.4, 0.5) is 0 Å². The van der Waals surface area contributed by atoms with E-state index in [0.717, 1.165) is 17.1 Å². The number of carbonyl (C=O) groups excluding carboxylic acids is 1. The van der Waals surface area contributed by atoms with Crippen LogP contribution in [-0.2, 0) is 12.3 Å². The maximum Gasteiger partial charge on any atom is 0.287 e. The fourth-order valence-corrected chi connectivity index (χ4v) is 2.67. The summed E-state index contributed by atoms with van der Waals surface area (Å²) in [4.78, 5) is 16.5. The first-order valence-electron chi connectivity index (χ1n) is 7.79. The van der Waals surface area contributed by atoms with E-state index in [1.807, 2.05) is 54.8 Å². The average molecular weight is 354 g/mol. The predicted molar refractivity (Wildman–Crippen MR) is 97.9 cm³/mol. The highest BCUT2D eigenvalue weighted by molar-refractivity contribution is 7.97. The molecule has 6 heteroatoms. The van der Waals surface area contributed by atoms with E-state index in [2.05, 4.69) is 10.3 Å². The number of hydrogen-bond acceptors (Lipinski definition) is 5. The minimum absolute atomic E-state index is 0.262. The van der Waals surface area contributed by atoms with Crippen LogP contribution in [0.1, 0.15) is 21.9 Å². The van der Waals surface area contributed by atoms with Gasteiger partial charge in [0.05, 0.1) is 5.75 Å². The Balaban J connectivity index is 1.65. The van der Waals surface area contributed by atoms with Crippen molar-refractivity contribution in [3.8, 4) is 11.6 Å². The summed E-state index contributed by atoms with van der Waals surface area (Å²) in [5, 5.41) is 2.84. The first kappa shape index (κ1) is 17.1. The van der Waals surface area contributed by atoms with E-state index in [1.165, 1.54) is 0 Å². The molecule has 128 valence electrons. The number of para-hydroxylation sites is 1. The lowest BCUT2D eigenvalue weighted by Gasteiger charge is -2.10. The van der Waals surface area contributed by atoms with Crippen LogP contribution in [-0.4, -0.2) is 17.1 Å². The predicted octanol–water partition coefficient (Wildman–Crippen LogP) is 4.26. The summed E-state index contributed by atoms with van der Waals surface area (Å²) in [5.74, 6) is 2.73. The highest BCUT2D eigenvalue weighted by Gasteiger charge is 2.13. The number of aromatic nitrogens is 1. The molecule has 3 aromatic rings. The number of hydrogen-bond donors (Lipinski definition) is 1. The van der Waals surface area contributed by atoms with Gasteiger partial charge >= 0.3 is 0 Å². The molecule has 25 heavy (non-hydrogen) atoms. The van der Waals surface area contributed by atoms with Crippen LogP contribution >= 0.6 is 11.8 Å². The van der Waals surface area contributed by atoms with Gasteiger partial charge in [-0.1, -0.05) is 24.3 Å². The van der Waals surface area contributed by atoms with Crippen LogP contribution in [0.3, 0.4) is 0 Å². The molecule has 0 fully saturated rings. The van der Waals surface area contributed by atoms with Gasteiger partial charge in [0.25, 0.3) is 5.91 Å². The van der Waals surface area contributed by atoms with Crippen LogP contribution in [0.2, 0.25) is 0 Å². The quantitative estimate of drug-likeness (QED) is 0.687. The van der Waals surface area contributed by atoms with Crippen molar-refractivity contribution in [3.63, 3.8) is 0 Å². The van der Waals surface area contributed by atoms with E-state index in [-0.39, 0.29) is 5.91 Å². The Labute approximate surface area is 150 Å². The first-order valence-corrected chi connectivity index (χ1v) is 9.18. The second-order valence-corrected chi connectivity index (χ2v) is 6.13. The minimum atomic E-state index is -0.262. The molecule has 0 saturated carbocycles. The van der Waals surface area contributed by atoms with Gasteiger partial charge in [0.1, 0.15) is 11.5 Å². The molecule has 3 rings (SSSR count). The number of ether oxygens (including phenoxy) is 1. The highest BCUT2D eigenvalue weighted by atomic mass is 32.2. The summed E-state index contributed by atoms with van der Waals surface area (Å²) in [6.07, 6.45) is 3.64. The molecule has 0 saturated heterocycles. The molecule has 0 aliphatic rings. The SMILES string of the molecule is CSCc1ccc(C(=O)NCc2cccnc2Oc2ccccc2)o1. The van der Waals surface area contributed by atoms with E-state index in [1.54, 1.807) is 24.0 Å². The topological polar surface area (TPSA) is 64.4 Å². The van der Waals surface area contributed by atoms with Crippen LogP contribution in [0, 0.1) is 0 Å². The van der Waals surface area contributed by atoms with Gasteiger partial charge in [0.15, 0.2) is 5.76 Å². The van der Waals surface area contributed by atoms with Crippen molar-refractivity contribution >= 4 is 17.7 Å². The van der Waals surface area contributed by atoms with Crippen LogP contribution < -0.4 is 10.1 Å². The standard InChI is InChI=1S/C19H18N2O3S/c1-25-13-16-9-10-17(23-16)18(22)21-12-14-6-5-11-20-19(14)24-15-7-3-2-4-8-15/h2-11H,12-13H2,1H3,(H,21,22). The molecule has 1 aromatic carbocycles. The first-order chi connectivity index (χ1) is 12.3. The van der Waals surface area contributed by atoms with E-state index < -0.39 is 0 Å². The second kappa shape index (κ2) is 8.39. The molecule has 1 N–H and O–H groups in total. The molecule has 1 amide bonds. The van der Waals surface area contributed by atoms with Gasteiger partial charge in [0.2, 0.25) is 5.88 Å². The number of nitrogens with one attached hydrogen (secondary N) is 1. The van der Waals surface area contributed by atoms with Crippen molar-refractivity contribution in [3.05, 3.63) is 77.9 Å². The van der Waals surface area contributed by atoms with E-state index in [0.29, 0.717) is 23.9 Å². The molecule has 0 atom stereocenters. The highest BCUT2D eigenvalue weighted by Crippen LogP contribution is 2.22. The number of carbonyl (C=O) groups is 1. The van der Waals surface area contributed by atoms with Crippen LogP contribution in [0.15, 0.2) is 65.2 Å². The second-order valence-electron chi connectivity index (χ2n) is 5.26. The summed E-state index contributed by atoms with van der Waals surface area (Å²) in [5.41, 5.74) is 0.788.